The number of nitrogens with two attached hydrogens (primary N) is 1. The first-order valence-corrected chi connectivity index (χ1v) is 9.88. The van der Waals surface area contributed by atoms with Crippen molar-refractivity contribution in [2.24, 2.45) is 11.7 Å². The van der Waals surface area contributed by atoms with Gasteiger partial charge in [-0.3, -0.25) is 9.59 Å². The molecule has 8 heteroatoms. The molecule has 1 aromatic rings. The van der Waals surface area contributed by atoms with Crippen LogP contribution in [0.2, 0.25) is 10.0 Å². The van der Waals surface area contributed by atoms with Crippen LogP contribution >= 0.6 is 35.6 Å². The number of hydrogen-bond donors (Lipinski definition) is 1. The summed E-state index contributed by atoms with van der Waals surface area (Å²) in [6.45, 7) is 4.00. The Kier molecular flexibility index (Phi) is 7.42. The van der Waals surface area contributed by atoms with Gasteiger partial charge in [0.25, 0.3) is 5.91 Å². The van der Waals surface area contributed by atoms with E-state index in [1.807, 2.05) is 11.8 Å². The van der Waals surface area contributed by atoms with Gasteiger partial charge in [-0.1, -0.05) is 42.1 Å². The van der Waals surface area contributed by atoms with E-state index in [1.165, 1.54) is 0 Å². The van der Waals surface area contributed by atoms with Crippen LogP contribution in [0.3, 0.4) is 0 Å². The smallest absolute Gasteiger partial charge is 0.255 e. The molecule has 27 heavy (non-hydrogen) atoms. The number of rotatable bonds is 2. The number of carbonyl (C=O) groups excluding carboxylic acids is 2. The molecular weight excluding hydrogens is 409 g/mol. The van der Waals surface area contributed by atoms with Crippen LogP contribution in [0.1, 0.15) is 43.0 Å². The molecule has 0 aromatic heterocycles. The lowest BCUT2D eigenvalue weighted by Gasteiger charge is -2.42. The minimum Gasteiger partial charge on any atom is -0.339 e. The molecule has 0 radical (unpaired) electrons. The summed E-state index contributed by atoms with van der Waals surface area (Å²) in [6.07, 6.45) is 3.87. The molecular formula is C19H26Cl3N3O2. The Bertz CT molecular complexity index is 703. The molecule has 1 heterocycles. The summed E-state index contributed by atoms with van der Waals surface area (Å²) >= 11 is 12.2. The molecule has 5 nitrogen and oxygen atoms in total. The summed E-state index contributed by atoms with van der Waals surface area (Å²) in [6, 6.07) is 5.05. The molecule has 2 fully saturated rings. The Hall–Kier alpha value is -1.01. The first kappa shape index (κ1) is 22.3. The van der Waals surface area contributed by atoms with Crippen LogP contribution in [0, 0.1) is 5.92 Å². The maximum Gasteiger partial charge on any atom is 0.255 e. The normalized spacial score (nSPS) is 25.7. The van der Waals surface area contributed by atoms with Crippen LogP contribution in [0.15, 0.2) is 18.2 Å². The summed E-state index contributed by atoms with van der Waals surface area (Å²) in [5.74, 6) is -0.144. The van der Waals surface area contributed by atoms with E-state index in [4.69, 9.17) is 28.9 Å². The predicted octanol–water partition coefficient (Wildman–Crippen LogP) is 3.61. The maximum absolute atomic E-state index is 12.9. The highest BCUT2D eigenvalue weighted by molar-refractivity contribution is 6.43. The number of piperazine rings is 1. The van der Waals surface area contributed by atoms with Gasteiger partial charge in [-0.2, -0.15) is 0 Å². The Balaban J connectivity index is 0.00000261. The van der Waals surface area contributed by atoms with Gasteiger partial charge in [0.1, 0.15) is 0 Å². The van der Waals surface area contributed by atoms with E-state index in [-0.39, 0.29) is 35.2 Å². The average molecular weight is 435 g/mol. The second kappa shape index (κ2) is 8.99. The van der Waals surface area contributed by atoms with Gasteiger partial charge in [0.2, 0.25) is 5.91 Å². The summed E-state index contributed by atoms with van der Waals surface area (Å²) < 4.78 is 0. The topological polar surface area (TPSA) is 66.6 Å². The van der Waals surface area contributed by atoms with Crippen LogP contribution in [0.25, 0.3) is 0 Å². The number of carbonyl (C=O) groups is 2. The van der Waals surface area contributed by atoms with Crippen molar-refractivity contribution < 1.29 is 9.59 Å². The third kappa shape index (κ3) is 4.70. The van der Waals surface area contributed by atoms with Crippen molar-refractivity contribution in [2.75, 3.05) is 26.2 Å². The number of halogens is 3. The predicted molar refractivity (Wildman–Crippen MR) is 111 cm³/mol. The minimum atomic E-state index is -0.434. The molecule has 0 bridgehead atoms. The van der Waals surface area contributed by atoms with Gasteiger partial charge in [-0.25, -0.2) is 0 Å². The van der Waals surface area contributed by atoms with Crippen molar-refractivity contribution in [3.8, 4) is 0 Å². The lowest BCUT2D eigenvalue weighted by molar-refractivity contribution is -0.140. The molecule has 1 saturated carbocycles. The van der Waals surface area contributed by atoms with E-state index in [2.05, 4.69) is 0 Å². The van der Waals surface area contributed by atoms with Gasteiger partial charge >= 0.3 is 0 Å². The van der Waals surface area contributed by atoms with E-state index in [9.17, 15) is 9.59 Å². The largest absolute Gasteiger partial charge is 0.339 e. The van der Waals surface area contributed by atoms with Crippen LogP contribution in [0.4, 0.5) is 0 Å². The van der Waals surface area contributed by atoms with E-state index in [1.54, 1.807) is 23.1 Å². The van der Waals surface area contributed by atoms with Crippen molar-refractivity contribution in [1.82, 2.24) is 9.80 Å². The third-order valence-corrected chi connectivity index (χ3v) is 6.43. The zero-order valence-electron chi connectivity index (χ0n) is 15.4. The highest BCUT2D eigenvalue weighted by Crippen LogP contribution is 2.33. The van der Waals surface area contributed by atoms with E-state index < -0.39 is 5.54 Å². The summed E-state index contributed by atoms with van der Waals surface area (Å²) in [7, 11) is 0. The van der Waals surface area contributed by atoms with Crippen LogP contribution < -0.4 is 5.73 Å². The van der Waals surface area contributed by atoms with Gasteiger partial charge < -0.3 is 15.5 Å². The first-order valence-electron chi connectivity index (χ1n) is 9.12. The number of amides is 2. The highest BCUT2D eigenvalue weighted by Gasteiger charge is 2.40. The quantitative estimate of drug-likeness (QED) is 0.773. The Morgan fingerprint density at radius 2 is 1.74 bits per heavy atom. The standard InChI is InChI=1S/C19H25Cl2N3O2.ClH/c1-19(22)8-3-2-6-14(19)18(26)24-11-9-23(10-12-24)17(25)13-5-4-7-15(20)16(13)21;/h4-5,7,14H,2-3,6,8-12,22H2,1H3;1H. The molecule has 2 atom stereocenters. The van der Waals surface area contributed by atoms with Crippen molar-refractivity contribution in [1.29, 1.82) is 0 Å². The Morgan fingerprint density at radius 1 is 1.11 bits per heavy atom. The second-order valence-corrected chi connectivity index (χ2v) is 8.31. The number of nitrogens with zero attached hydrogens (tertiary/aromatic N) is 2. The van der Waals surface area contributed by atoms with E-state index in [0.717, 1.165) is 25.7 Å². The molecule has 2 amide bonds. The molecule has 1 aliphatic carbocycles. The fourth-order valence-corrected chi connectivity index (χ4v) is 4.33. The van der Waals surface area contributed by atoms with E-state index >= 15 is 0 Å². The molecule has 1 aromatic carbocycles. The summed E-state index contributed by atoms with van der Waals surface area (Å²) in [4.78, 5) is 29.2. The van der Waals surface area contributed by atoms with Gasteiger partial charge in [0.15, 0.2) is 0 Å². The average Bonchev–Trinajstić information content (AvgIpc) is 2.63. The molecule has 2 N–H and O–H groups in total. The van der Waals surface area contributed by atoms with Gasteiger partial charge in [0, 0.05) is 31.7 Å². The monoisotopic (exact) mass is 433 g/mol. The van der Waals surface area contributed by atoms with E-state index in [0.29, 0.717) is 36.8 Å². The molecule has 1 saturated heterocycles. The van der Waals surface area contributed by atoms with Crippen molar-refractivity contribution in [3.63, 3.8) is 0 Å². The zero-order chi connectivity index (χ0) is 18.9. The zero-order valence-corrected chi connectivity index (χ0v) is 17.7. The molecule has 2 unspecified atom stereocenters. The number of hydrogen-bond acceptors (Lipinski definition) is 3. The Labute approximate surface area is 176 Å². The molecule has 3 rings (SSSR count). The molecule has 1 aliphatic heterocycles. The van der Waals surface area contributed by atoms with Gasteiger partial charge in [-0.15, -0.1) is 12.4 Å². The summed E-state index contributed by atoms with van der Waals surface area (Å²) in [5, 5.41) is 0.643. The molecule has 150 valence electrons. The second-order valence-electron chi connectivity index (χ2n) is 7.52. The SMILES string of the molecule is CC1(N)CCCCC1C(=O)N1CCN(C(=O)c2cccc(Cl)c2Cl)CC1.Cl. The van der Waals surface area contributed by atoms with Gasteiger partial charge in [0.05, 0.1) is 21.5 Å². The first-order chi connectivity index (χ1) is 12.3. The molecule has 0 spiro atoms. The lowest BCUT2D eigenvalue weighted by Crippen LogP contribution is -2.57. The lowest BCUT2D eigenvalue weighted by atomic mass is 9.74. The fourth-order valence-electron chi connectivity index (χ4n) is 3.95. The van der Waals surface area contributed by atoms with Crippen molar-refractivity contribution in [3.05, 3.63) is 33.8 Å². The highest BCUT2D eigenvalue weighted by atomic mass is 35.5. The minimum absolute atomic E-state index is 0. The molecule has 2 aliphatic rings. The Morgan fingerprint density at radius 3 is 2.37 bits per heavy atom. The number of benzene rings is 1. The fraction of sp³-hybridized carbons (Fsp3) is 0.579. The third-order valence-electron chi connectivity index (χ3n) is 5.61. The van der Waals surface area contributed by atoms with Crippen LogP contribution in [-0.2, 0) is 4.79 Å². The summed E-state index contributed by atoms with van der Waals surface area (Å²) in [5.41, 5.74) is 6.34. The van der Waals surface area contributed by atoms with Crippen molar-refractivity contribution in [2.45, 2.75) is 38.1 Å². The van der Waals surface area contributed by atoms with Crippen LogP contribution in [-0.4, -0.2) is 53.3 Å². The van der Waals surface area contributed by atoms with Crippen LogP contribution in [0.5, 0.6) is 0 Å². The van der Waals surface area contributed by atoms with Crippen molar-refractivity contribution >= 4 is 47.4 Å². The maximum atomic E-state index is 12.9. The van der Waals surface area contributed by atoms with Gasteiger partial charge in [-0.05, 0) is 31.9 Å².